The van der Waals surface area contributed by atoms with Crippen LogP contribution in [0, 0.1) is 5.92 Å². The molecule has 9 heteroatoms. The lowest BCUT2D eigenvalue weighted by Crippen LogP contribution is -2.51. The van der Waals surface area contributed by atoms with Gasteiger partial charge in [0.25, 0.3) is 5.91 Å². The lowest BCUT2D eigenvalue weighted by molar-refractivity contribution is -0.119. The predicted octanol–water partition coefficient (Wildman–Crippen LogP) is -1.29. The van der Waals surface area contributed by atoms with Crippen LogP contribution in [-0.2, 0) is 9.53 Å². The molecule has 1 fully saturated rings. The van der Waals surface area contributed by atoms with E-state index in [-0.39, 0.29) is 18.5 Å². The van der Waals surface area contributed by atoms with Crippen LogP contribution in [0.25, 0.3) is 0 Å². The van der Waals surface area contributed by atoms with E-state index in [2.05, 4.69) is 20.3 Å². The minimum atomic E-state index is -0.760. The Morgan fingerprint density at radius 2 is 2.35 bits per heavy atom. The lowest BCUT2D eigenvalue weighted by atomic mass is 10.1. The minimum Gasteiger partial charge on any atom is -0.394 e. The third-order valence-electron chi connectivity index (χ3n) is 3.85. The van der Waals surface area contributed by atoms with Crippen LogP contribution in [0.3, 0.4) is 0 Å². The van der Waals surface area contributed by atoms with Crippen LogP contribution in [0.4, 0.5) is 0 Å². The molecule has 4 atom stereocenters. The van der Waals surface area contributed by atoms with E-state index in [1.54, 1.807) is 4.90 Å². The number of hydrogen-bond acceptors (Lipinski definition) is 7. The number of fused-ring (bicyclic) bond motifs is 1. The van der Waals surface area contributed by atoms with Gasteiger partial charge in [0.15, 0.2) is 11.9 Å². The number of aliphatic hydroxyl groups excluding tert-OH is 2. The van der Waals surface area contributed by atoms with Gasteiger partial charge in [0.1, 0.15) is 12.3 Å². The van der Waals surface area contributed by atoms with Crippen LogP contribution in [0.2, 0.25) is 0 Å². The summed E-state index contributed by atoms with van der Waals surface area (Å²) in [5.74, 6) is 0.773. The Morgan fingerprint density at radius 3 is 3.00 bits per heavy atom. The second-order valence-electron chi connectivity index (χ2n) is 6.21. The Bertz CT molecular complexity index is 574. The van der Waals surface area contributed by atoms with Crippen LogP contribution in [0.5, 0.6) is 0 Å². The number of carbonyl (C=O) groups is 1. The van der Waals surface area contributed by atoms with Crippen molar-refractivity contribution in [2.45, 2.75) is 44.7 Å². The average molecular weight is 323 g/mol. The van der Waals surface area contributed by atoms with E-state index in [1.165, 1.54) is 6.34 Å². The number of rotatable bonds is 4. The third-order valence-corrected chi connectivity index (χ3v) is 3.85. The molecule has 3 heterocycles. The van der Waals surface area contributed by atoms with E-state index in [0.717, 1.165) is 0 Å². The summed E-state index contributed by atoms with van der Waals surface area (Å²) in [5.41, 5.74) is 0. The molecule has 0 aliphatic carbocycles. The molecule has 3 aliphatic rings. The maximum Gasteiger partial charge on any atom is 0.259 e. The molecule has 0 bridgehead atoms. The predicted molar refractivity (Wildman–Crippen MR) is 83.2 cm³/mol. The van der Waals surface area contributed by atoms with Gasteiger partial charge in [-0.1, -0.05) is 13.8 Å². The normalized spacial score (nSPS) is 35.0. The van der Waals surface area contributed by atoms with Crippen molar-refractivity contribution in [2.24, 2.45) is 20.9 Å². The highest BCUT2D eigenvalue weighted by molar-refractivity contribution is 6.23. The Kier molecular flexibility index (Phi) is 4.42. The maximum absolute atomic E-state index is 12.1. The van der Waals surface area contributed by atoms with E-state index in [1.807, 2.05) is 13.8 Å². The number of guanidine groups is 1. The van der Waals surface area contributed by atoms with Crippen molar-refractivity contribution in [3.63, 3.8) is 0 Å². The molecular weight excluding hydrogens is 302 g/mol. The molecule has 3 N–H and O–H groups in total. The molecule has 23 heavy (non-hydrogen) atoms. The highest BCUT2D eigenvalue weighted by Gasteiger charge is 2.44. The molecule has 3 rings (SSSR count). The standard InChI is InChI=1S/C14H21N5O4/c1-7(2)4-15-14-17-12-11(13(22)18-14)16-6-19(12)10-3-8(21)9(5-20)23-10/h6-11,20-21H,3-5H2,1-2H3,(H,15,18,22)/t8-,9+,10+,11?/m0/s1. The Labute approximate surface area is 133 Å². The van der Waals surface area contributed by atoms with Crippen molar-refractivity contribution in [2.75, 3.05) is 13.2 Å². The molecular formula is C14H21N5O4. The number of amides is 1. The average Bonchev–Trinajstić information content (AvgIpc) is 3.08. The molecule has 9 nitrogen and oxygen atoms in total. The minimum absolute atomic E-state index is 0.264. The van der Waals surface area contributed by atoms with Gasteiger partial charge in [-0.15, -0.1) is 0 Å². The van der Waals surface area contributed by atoms with Crippen LogP contribution < -0.4 is 5.32 Å². The number of ether oxygens (including phenoxy) is 1. The van der Waals surface area contributed by atoms with E-state index < -0.39 is 24.5 Å². The second-order valence-corrected chi connectivity index (χ2v) is 6.21. The van der Waals surface area contributed by atoms with Crippen molar-refractivity contribution < 1.29 is 19.7 Å². The Morgan fingerprint density at radius 1 is 1.57 bits per heavy atom. The van der Waals surface area contributed by atoms with E-state index in [0.29, 0.717) is 24.7 Å². The van der Waals surface area contributed by atoms with Crippen LogP contribution in [0.15, 0.2) is 15.0 Å². The second kappa shape index (κ2) is 6.34. The first-order chi connectivity index (χ1) is 11.0. The molecule has 0 saturated carbocycles. The number of amidine groups is 1. The van der Waals surface area contributed by atoms with E-state index in [9.17, 15) is 15.0 Å². The summed E-state index contributed by atoms with van der Waals surface area (Å²) < 4.78 is 5.61. The molecule has 0 aromatic rings. The zero-order valence-electron chi connectivity index (χ0n) is 13.1. The van der Waals surface area contributed by atoms with Gasteiger partial charge < -0.3 is 14.9 Å². The van der Waals surface area contributed by atoms with Crippen molar-refractivity contribution in [1.29, 1.82) is 0 Å². The summed E-state index contributed by atoms with van der Waals surface area (Å²) in [5, 5.41) is 21.7. The van der Waals surface area contributed by atoms with Crippen LogP contribution in [0.1, 0.15) is 20.3 Å². The van der Waals surface area contributed by atoms with Crippen LogP contribution >= 0.6 is 0 Å². The fourth-order valence-corrected chi connectivity index (χ4v) is 2.64. The molecule has 3 aliphatic heterocycles. The van der Waals surface area contributed by atoms with Gasteiger partial charge in [-0.05, 0) is 5.92 Å². The fraction of sp³-hybridized carbons (Fsp3) is 0.714. The third kappa shape index (κ3) is 3.12. The fourth-order valence-electron chi connectivity index (χ4n) is 2.64. The number of aliphatic imine (C=N–C) groups is 3. The van der Waals surface area contributed by atoms with Gasteiger partial charge in [0, 0.05) is 13.0 Å². The van der Waals surface area contributed by atoms with Gasteiger partial charge in [-0.2, -0.15) is 4.99 Å². The number of nitrogens with zero attached hydrogens (tertiary/aromatic N) is 4. The van der Waals surface area contributed by atoms with E-state index in [4.69, 9.17) is 4.74 Å². The maximum atomic E-state index is 12.1. The summed E-state index contributed by atoms with van der Waals surface area (Å²) >= 11 is 0. The monoisotopic (exact) mass is 323 g/mol. The first-order valence-electron chi connectivity index (χ1n) is 7.69. The first kappa shape index (κ1) is 16.0. The molecule has 1 saturated heterocycles. The summed E-state index contributed by atoms with van der Waals surface area (Å²) in [4.78, 5) is 26.6. The molecule has 0 aromatic heterocycles. The number of hydrogen-bond donors (Lipinski definition) is 3. The molecule has 0 spiro atoms. The Hall–Kier alpha value is -1.84. The number of aliphatic hydroxyl groups is 2. The zero-order valence-corrected chi connectivity index (χ0v) is 13.1. The Balaban J connectivity index is 1.80. The summed E-state index contributed by atoms with van der Waals surface area (Å²) in [6.45, 7) is 4.35. The quantitative estimate of drug-likeness (QED) is 0.594. The lowest BCUT2D eigenvalue weighted by Gasteiger charge is -2.26. The molecule has 1 amide bonds. The van der Waals surface area contributed by atoms with Gasteiger partial charge >= 0.3 is 0 Å². The summed E-state index contributed by atoms with van der Waals surface area (Å²) in [6.07, 6.45) is -0.106. The van der Waals surface area contributed by atoms with Gasteiger partial charge in [-0.25, -0.2) is 0 Å². The highest BCUT2D eigenvalue weighted by atomic mass is 16.5. The van der Waals surface area contributed by atoms with E-state index >= 15 is 0 Å². The van der Waals surface area contributed by atoms with Crippen LogP contribution in [-0.4, -0.2) is 76.8 Å². The highest BCUT2D eigenvalue weighted by Crippen LogP contribution is 2.26. The summed E-state index contributed by atoms with van der Waals surface area (Å²) in [6, 6.07) is -0.720. The summed E-state index contributed by atoms with van der Waals surface area (Å²) in [7, 11) is 0. The number of nitrogens with one attached hydrogen (secondary N) is 1. The van der Waals surface area contributed by atoms with Crippen molar-refractivity contribution >= 4 is 24.0 Å². The van der Waals surface area contributed by atoms with Crippen molar-refractivity contribution in [1.82, 2.24) is 10.2 Å². The SMILES string of the molecule is CC(C)CN=C1N=C2C(N=CN2[C@H]2C[C@H](O)[C@@H](CO)O2)C(=O)N1. The largest absolute Gasteiger partial charge is 0.394 e. The number of carbonyl (C=O) groups excluding carboxylic acids is 1. The topological polar surface area (TPSA) is 119 Å². The molecule has 0 aromatic carbocycles. The van der Waals surface area contributed by atoms with Crippen molar-refractivity contribution in [3.05, 3.63) is 0 Å². The first-order valence-corrected chi connectivity index (χ1v) is 7.69. The van der Waals surface area contributed by atoms with Gasteiger partial charge in [0.05, 0.1) is 19.0 Å². The molecule has 0 radical (unpaired) electrons. The zero-order chi connectivity index (χ0) is 16.6. The smallest absolute Gasteiger partial charge is 0.259 e. The molecule has 1 unspecified atom stereocenters. The molecule has 126 valence electrons. The van der Waals surface area contributed by atoms with Crippen molar-refractivity contribution in [3.8, 4) is 0 Å². The van der Waals surface area contributed by atoms with Gasteiger partial charge in [0.2, 0.25) is 5.96 Å². The van der Waals surface area contributed by atoms with Gasteiger partial charge in [-0.3, -0.25) is 25.0 Å².